The first-order chi connectivity index (χ1) is 14.3. The maximum Gasteiger partial charge on any atom is 0.242 e. The van der Waals surface area contributed by atoms with E-state index in [1.54, 1.807) is 17.9 Å². The standard InChI is InChI=1S/C23H28Cl2N2O2S/c1-16(2)12-26-23(29)17(3)27(13-18-6-4-8-20(24)10-18)22(28)15-30-14-19-7-5-9-21(25)11-19/h4-11,16-17H,12-15H2,1-3H3,(H,26,29). The summed E-state index contributed by atoms with van der Waals surface area (Å²) in [6.45, 7) is 6.73. The molecule has 4 nitrogen and oxygen atoms in total. The van der Waals surface area contributed by atoms with Gasteiger partial charge in [-0.1, -0.05) is 61.3 Å². The summed E-state index contributed by atoms with van der Waals surface area (Å²) in [5.41, 5.74) is 1.95. The third-order valence-electron chi connectivity index (χ3n) is 4.48. The lowest BCUT2D eigenvalue weighted by molar-refractivity contribution is -0.138. The average molecular weight is 467 g/mol. The van der Waals surface area contributed by atoms with Gasteiger partial charge in [-0.3, -0.25) is 9.59 Å². The molecular formula is C23H28Cl2N2O2S. The molecule has 162 valence electrons. The molecule has 0 aromatic heterocycles. The SMILES string of the molecule is CC(C)CNC(=O)C(C)N(Cc1cccc(Cl)c1)C(=O)CSCc1cccc(Cl)c1. The summed E-state index contributed by atoms with van der Waals surface area (Å²) < 4.78 is 0. The highest BCUT2D eigenvalue weighted by Gasteiger charge is 2.26. The summed E-state index contributed by atoms with van der Waals surface area (Å²) in [5, 5.41) is 4.20. The highest BCUT2D eigenvalue weighted by molar-refractivity contribution is 7.99. The molecule has 0 spiro atoms. The number of hydrogen-bond donors (Lipinski definition) is 1. The molecule has 0 aliphatic carbocycles. The zero-order chi connectivity index (χ0) is 22.1. The quantitative estimate of drug-likeness (QED) is 0.508. The highest BCUT2D eigenvalue weighted by atomic mass is 35.5. The zero-order valence-corrected chi connectivity index (χ0v) is 19.9. The number of rotatable bonds is 10. The number of thioether (sulfide) groups is 1. The lowest BCUT2D eigenvalue weighted by atomic mass is 10.1. The summed E-state index contributed by atoms with van der Waals surface area (Å²) in [6, 6.07) is 14.4. The van der Waals surface area contributed by atoms with Gasteiger partial charge in [-0.25, -0.2) is 0 Å². The van der Waals surface area contributed by atoms with E-state index >= 15 is 0 Å². The molecular weight excluding hydrogens is 439 g/mol. The van der Waals surface area contributed by atoms with Gasteiger partial charge in [-0.2, -0.15) is 0 Å². The average Bonchev–Trinajstić information content (AvgIpc) is 2.69. The van der Waals surface area contributed by atoms with E-state index in [0.29, 0.717) is 34.8 Å². The summed E-state index contributed by atoms with van der Waals surface area (Å²) in [4.78, 5) is 27.3. The van der Waals surface area contributed by atoms with E-state index in [1.807, 2.05) is 56.3 Å². The first-order valence-electron chi connectivity index (χ1n) is 9.90. The summed E-state index contributed by atoms with van der Waals surface area (Å²) in [6.07, 6.45) is 0. The van der Waals surface area contributed by atoms with Crippen LogP contribution in [0, 0.1) is 5.92 Å². The molecule has 2 amide bonds. The predicted molar refractivity (Wildman–Crippen MR) is 127 cm³/mol. The van der Waals surface area contributed by atoms with Crippen molar-refractivity contribution < 1.29 is 9.59 Å². The molecule has 2 aromatic rings. The van der Waals surface area contributed by atoms with Crippen LogP contribution in [-0.4, -0.2) is 35.1 Å². The Morgan fingerprint density at radius 1 is 1.00 bits per heavy atom. The lowest BCUT2D eigenvalue weighted by Crippen LogP contribution is -2.48. The molecule has 0 bridgehead atoms. The van der Waals surface area contributed by atoms with Gasteiger partial charge in [0, 0.05) is 28.9 Å². The normalized spacial score (nSPS) is 11.9. The van der Waals surface area contributed by atoms with Gasteiger partial charge in [0.1, 0.15) is 6.04 Å². The molecule has 0 aliphatic rings. The van der Waals surface area contributed by atoms with Gasteiger partial charge in [0.2, 0.25) is 11.8 Å². The second-order valence-corrected chi connectivity index (χ2v) is 9.45. The fourth-order valence-corrected chi connectivity index (χ4v) is 4.12. The van der Waals surface area contributed by atoms with E-state index in [9.17, 15) is 9.59 Å². The van der Waals surface area contributed by atoms with Gasteiger partial charge in [0.05, 0.1) is 5.75 Å². The number of nitrogens with one attached hydrogen (secondary N) is 1. The number of nitrogens with zero attached hydrogens (tertiary/aromatic N) is 1. The lowest BCUT2D eigenvalue weighted by Gasteiger charge is -2.29. The van der Waals surface area contributed by atoms with Crippen molar-refractivity contribution in [2.45, 2.75) is 39.1 Å². The van der Waals surface area contributed by atoms with Crippen molar-refractivity contribution in [3.8, 4) is 0 Å². The van der Waals surface area contributed by atoms with Crippen LogP contribution in [-0.2, 0) is 21.9 Å². The largest absolute Gasteiger partial charge is 0.354 e. The molecule has 0 radical (unpaired) electrons. The monoisotopic (exact) mass is 466 g/mol. The Labute approximate surface area is 193 Å². The van der Waals surface area contributed by atoms with Crippen molar-refractivity contribution >= 4 is 46.8 Å². The van der Waals surface area contributed by atoms with Crippen molar-refractivity contribution in [1.29, 1.82) is 0 Å². The van der Waals surface area contributed by atoms with Gasteiger partial charge in [-0.05, 0) is 48.2 Å². The van der Waals surface area contributed by atoms with Crippen molar-refractivity contribution in [3.63, 3.8) is 0 Å². The Morgan fingerprint density at radius 2 is 1.60 bits per heavy atom. The Balaban J connectivity index is 2.06. The van der Waals surface area contributed by atoms with Crippen LogP contribution in [0.25, 0.3) is 0 Å². The molecule has 0 saturated carbocycles. The molecule has 2 rings (SSSR count). The van der Waals surface area contributed by atoms with E-state index in [0.717, 1.165) is 11.1 Å². The van der Waals surface area contributed by atoms with Crippen LogP contribution in [0.2, 0.25) is 10.0 Å². The van der Waals surface area contributed by atoms with Crippen LogP contribution in [0.4, 0.5) is 0 Å². The van der Waals surface area contributed by atoms with E-state index < -0.39 is 6.04 Å². The minimum atomic E-state index is -0.581. The molecule has 7 heteroatoms. The van der Waals surface area contributed by atoms with Crippen LogP contribution in [0.1, 0.15) is 31.9 Å². The molecule has 0 saturated heterocycles. The van der Waals surface area contributed by atoms with Crippen LogP contribution >= 0.6 is 35.0 Å². The second-order valence-electron chi connectivity index (χ2n) is 7.59. The fraction of sp³-hybridized carbons (Fsp3) is 0.391. The number of carbonyl (C=O) groups is 2. The third kappa shape index (κ3) is 8.21. The van der Waals surface area contributed by atoms with Gasteiger partial charge >= 0.3 is 0 Å². The summed E-state index contributed by atoms with van der Waals surface area (Å²) in [5.74, 6) is 1.04. The first kappa shape index (κ1) is 24.6. The number of hydrogen-bond acceptors (Lipinski definition) is 3. The van der Waals surface area contributed by atoms with Gasteiger partial charge in [0.25, 0.3) is 0 Å². The zero-order valence-electron chi connectivity index (χ0n) is 17.5. The molecule has 2 aromatic carbocycles. The Hall–Kier alpha value is -1.69. The number of benzene rings is 2. The molecule has 0 fully saturated rings. The topological polar surface area (TPSA) is 49.4 Å². The minimum Gasteiger partial charge on any atom is -0.354 e. The van der Waals surface area contributed by atoms with Crippen LogP contribution in [0.5, 0.6) is 0 Å². The number of amides is 2. The van der Waals surface area contributed by atoms with Gasteiger partial charge < -0.3 is 10.2 Å². The van der Waals surface area contributed by atoms with Crippen LogP contribution in [0.3, 0.4) is 0 Å². The van der Waals surface area contributed by atoms with E-state index in [-0.39, 0.29) is 17.6 Å². The molecule has 0 aliphatic heterocycles. The Morgan fingerprint density at radius 3 is 2.20 bits per heavy atom. The van der Waals surface area contributed by atoms with Crippen molar-refractivity contribution in [3.05, 3.63) is 69.7 Å². The maximum absolute atomic E-state index is 13.0. The molecule has 1 N–H and O–H groups in total. The minimum absolute atomic E-state index is 0.0887. The summed E-state index contributed by atoms with van der Waals surface area (Å²) in [7, 11) is 0. The maximum atomic E-state index is 13.0. The Kier molecular flexibility index (Phi) is 10.0. The van der Waals surface area contributed by atoms with Crippen LogP contribution in [0.15, 0.2) is 48.5 Å². The van der Waals surface area contributed by atoms with Crippen LogP contribution < -0.4 is 5.32 Å². The third-order valence-corrected chi connectivity index (χ3v) is 5.94. The van der Waals surface area contributed by atoms with E-state index in [1.165, 1.54) is 11.8 Å². The first-order valence-corrected chi connectivity index (χ1v) is 11.8. The van der Waals surface area contributed by atoms with Crippen molar-refractivity contribution in [1.82, 2.24) is 10.2 Å². The predicted octanol–water partition coefficient (Wildman–Crippen LogP) is 5.42. The van der Waals surface area contributed by atoms with Gasteiger partial charge in [-0.15, -0.1) is 11.8 Å². The van der Waals surface area contributed by atoms with Crippen molar-refractivity contribution in [2.75, 3.05) is 12.3 Å². The van der Waals surface area contributed by atoms with E-state index in [4.69, 9.17) is 23.2 Å². The van der Waals surface area contributed by atoms with E-state index in [2.05, 4.69) is 5.32 Å². The second kappa shape index (κ2) is 12.2. The smallest absolute Gasteiger partial charge is 0.242 e. The fourth-order valence-electron chi connectivity index (χ4n) is 2.83. The van der Waals surface area contributed by atoms with Crippen molar-refractivity contribution in [2.24, 2.45) is 5.92 Å². The highest BCUT2D eigenvalue weighted by Crippen LogP contribution is 2.19. The molecule has 1 unspecified atom stereocenters. The number of halogens is 2. The molecule has 30 heavy (non-hydrogen) atoms. The number of carbonyl (C=O) groups excluding carboxylic acids is 2. The van der Waals surface area contributed by atoms with Gasteiger partial charge in [0.15, 0.2) is 0 Å². The Bertz CT molecular complexity index is 861. The molecule has 0 heterocycles. The summed E-state index contributed by atoms with van der Waals surface area (Å²) >= 11 is 13.6. The molecule has 1 atom stereocenters.